The molecule has 0 saturated heterocycles. The number of para-hydroxylation sites is 2. The molecule has 0 atom stereocenters. The molecule has 0 bridgehead atoms. The fourth-order valence-corrected chi connectivity index (χ4v) is 10.5. The van der Waals surface area contributed by atoms with Crippen LogP contribution in [-0.2, 0) is 6.54 Å². The van der Waals surface area contributed by atoms with Crippen LogP contribution in [0.1, 0.15) is 35.3 Å². The van der Waals surface area contributed by atoms with Crippen LogP contribution in [-0.4, -0.2) is 92.6 Å². The summed E-state index contributed by atoms with van der Waals surface area (Å²) in [5.41, 5.74) is 5.87. The molecule has 0 aliphatic carbocycles. The summed E-state index contributed by atoms with van der Waals surface area (Å²) in [7, 11) is 0. The quantitative estimate of drug-likeness (QED) is 0.152. The Hall–Kier alpha value is -3.08. The predicted molar refractivity (Wildman–Crippen MR) is 170 cm³/mol. The molecule has 0 radical (unpaired) electrons. The van der Waals surface area contributed by atoms with Gasteiger partial charge in [-0.15, -0.1) is 0 Å². The van der Waals surface area contributed by atoms with E-state index in [1.807, 2.05) is 69.3 Å². The number of amides is 3. The van der Waals surface area contributed by atoms with Crippen LogP contribution in [0.25, 0.3) is 11.3 Å². The molecule has 1 aliphatic rings. The summed E-state index contributed by atoms with van der Waals surface area (Å²) in [6.45, 7) is 7.41. The maximum absolute atomic E-state index is 13.5. The molecule has 0 spiro atoms. The summed E-state index contributed by atoms with van der Waals surface area (Å²) in [6, 6.07) is 21.7. The van der Waals surface area contributed by atoms with Gasteiger partial charge in [-0.05, 0) is 13.8 Å². The fourth-order valence-electron chi connectivity index (χ4n) is 4.81. The number of benzene rings is 3. The van der Waals surface area contributed by atoms with Crippen LogP contribution in [0.5, 0.6) is 0 Å². The third kappa shape index (κ3) is 6.77. The Labute approximate surface area is 277 Å². The number of fused-ring (bicyclic) bond motifs is 1. The molecule has 4 aromatic rings. The van der Waals surface area contributed by atoms with Gasteiger partial charge in [0.2, 0.25) is 0 Å². The number of hydrogen-bond donors (Lipinski definition) is 4. The topological polar surface area (TPSA) is 111 Å². The Morgan fingerprint density at radius 1 is 0.976 bits per heavy atom. The van der Waals surface area contributed by atoms with E-state index in [2.05, 4.69) is 39.5 Å². The summed E-state index contributed by atoms with van der Waals surface area (Å²) < 4.78 is 2.34. The second kappa shape index (κ2) is 13.5. The van der Waals surface area contributed by atoms with Crippen molar-refractivity contribution in [2.75, 3.05) is 28.6 Å². The zero-order chi connectivity index (χ0) is 29.8. The molecule has 1 aromatic heterocycles. The van der Waals surface area contributed by atoms with Crippen LogP contribution in [0.2, 0.25) is 0 Å². The molecule has 208 valence electrons. The first-order valence-electron chi connectivity index (χ1n) is 13.8. The Bertz CT molecular complexity index is 1610. The SMILES string of the molecule is Cc1ccc(C(=O)NC(C)C)cc1-c1nc(NCCNc2ccccc2)nc2c1CNC(=O)N2c1[c]([Tl])ccc[c]1[Tl]. The predicted octanol–water partition coefficient (Wildman–Crippen LogP) is 3.06. The Balaban J connectivity index is 1.59. The number of hydrogen-bond acceptors (Lipinski definition) is 6. The molecule has 3 amide bonds. The molecule has 2 heterocycles. The second-order valence-electron chi connectivity index (χ2n) is 10.4. The number of anilines is 4. The summed E-state index contributed by atoms with van der Waals surface area (Å²) >= 11 is 1.09. The van der Waals surface area contributed by atoms with Crippen LogP contribution in [0.15, 0.2) is 66.7 Å². The van der Waals surface area contributed by atoms with Crippen molar-refractivity contribution in [3.05, 3.63) is 83.4 Å². The molecule has 3 aromatic carbocycles. The minimum atomic E-state index is -0.194. The van der Waals surface area contributed by atoms with E-state index in [-0.39, 0.29) is 18.0 Å². The third-order valence-electron chi connectivity index (χ3n) is 6.82. The van der Waals surface area contributed by atoms with Gasteiger partial charge in [0.1, 0.15) is 0 Å². The van der Waals surface area contributed by atoms with Gasteiger partial charge in [0, 0.05) is 0 Å². The van der Waals surface area contributed by atoms with E-state index < -0.39 is 0 Å². The minimum absolute atomic E-state index is 0.0176. The first-order chi connectivity index (χ1) is 20.2. The summed E-state index contributed by atoms with van der Waals surface area (Å²) in [5.74, 6) is 0.871. The standard InChI is InChI=1S/C31H31N7O2.2Tl/c1-20(2)35-29(39)22-15-14-21(3)25(18-22)27-26-19-34-31(40)38(24-12-8-5-9-13-24)28(26)37-30(36-27)33-17-16-32-23-10-6-4-7-11-23;;/h4-11,14-15,18,20,32H,16-17,19H2,1-3H3,(H,34,40)(H,35,39)(H,33,36,37);;. The third-order valence-corrected chi connectivity index (χ3v) is 10.4. The van der Waals surface area contributed by atoms with Crippen molar-refractivity contribution in [3.8, 4) is 11.3 Å². The average molecular weight is 942 g/mol. The molecule has 9 nitrogen and oxygen atoms in total. The van der Waals surface area contributed by atoms with Crippen LogP contribution < -0.4 is 32.4 Å². The number of carbonyl (C=O) groups excluding carboxylic acids is 2. The Morgan fingerprint density at radius 3 is 2.40 bits per heavy atom. The van der Waals surface area contributed by atoms with Gasteiger partial charge in [0.15, 0.2) is 0 Å². The fraction of sp³-hybridized carbons (Fsp3) is 0.226. The number of urea groups is 1. The van der Waals surface area contributed by atoms with Crippen LogP contribution in [0.4, 0.5) is 27.9 Å². The number of aryl methyl sites for hydroxylation is 1. The zero-order valence-corrected chi connectivity index (χ0v) is 32.8. The van der Waals surface area contributed by atoms with Gasteiger partial charge in [-0.1, -0.05) is 18.2 Å². The van der Waals surface area contributed by atoms with E-state index in [4.69, 9.17) is 9.97 Å². The zero-order valence-electron chi connectivity index (χ0n) is 23.9. The van der Waals surface area contributed by atoms with Gasteiger partial charge in [0.25, 0.3) is 0 Å². The van der Waals surface area contributed by atoms with E-state index in [1.54, 1.807) is 4.90 Å². The number of nitrogens with one attached hydrogen (secondary N) is 4. The Kier molecular flexibility index (Phi) is 9.75. The van der Waals surface area contributed by atoms with E-state index in [0.29, 0.717) is 94.2 Å². The summed E-state index contributed by atoms with van der Waals surface area (Å²) in [4.78, 5) is 38.0. The van der Waals surface area contributed by atoms with E-state index >= 15 is 0 Å². The summed E-state index contributed by atoms with van der Waals surface area (Å²) in [5, 5.41) is 12.8. The number of rotatable bonds is 9. The van der Waals surface area contributed by atoms with Crippen molar-refractivity contribution < 1.29 is 9.59 Å². The molecular formula is C31H31N7O2Tl2. The van der Waals surface area contributed by atoms with Gasteiger partial charge >= 0.3 is 248 Å². The van der Waals surface area contributed by atoms with Crippen molar-refractivity contribution in [1.82, 2.24) is 20.6 Å². The van der Waals surface area contributed by atoms with Gasteiger partial charge in [-0.25, -0.2) is 0 Å². The number of nitrogens with zero attached hydrogens (tertiary/aromatic N) is 3. The van der Waals surface area contributed by atoms with E-state index in [1.165, 1.54) is 6.25 Å². The molecule has 42 heavy (non-hydrogen) atoms. The van der Waals surface area contributed by atoms with Crippen LogP contribution >= 0.6 is 0 Å². The van der Waals surface area contributed by atoms with Crippen LogP contribution in [0.3, 0.4) is 0 Å². The molecular weight excluding hydrogens is 911 g/mol. The monoisotopic (exact) mass is 943 g/mol. The van der Waals surface area contributed by atoms with Gasteiger partial charge < -0.3 is 0 Å². The van der Waals surface area contributed by atoms with Crippen molar-refractivity contribution in [3.63, 3.8) is 0 Å². The number of carbonyl (C=O) groups is 2. The average Bonchev–Trinajstić information content (AvgIpc) is 2.96. The van der Waals surface area contributed by atoms with Gasteiger partial charge in [-0.3, -0.25) is 0 Å². The summed E-state index contributed by atoms with van der Waals surface area (Å²) in [6.07, 6.45) is 0. The molecule has 0 fully saturated rings. The van der Waals surface area contributed by atoms with E-state index in [9.17, 15) is 9.59 Å². The second-order valence-corrected chi connectivity index (χ2v) is 15.2. The first-order valence-corrected chi connectivity index (χ1v) is 18.3. The molecule has 4 N–H and O–H groups in total. The Morgan fingerprint density at radius 2 is 1.69 bits per heavy atom. The molecule has 0 unspecified atom stereocenters. The molecule has 0 saturated carbocycles. The normalized spacial score (nSPS) is 12.4. The van der Waals surface area contributed by atoms with E-state index in [0.717, 1.165) is 28.1 Å². The van der Waals surface area contributed by atoms with Crippen molar-refractivity contribution in [2.45, 2.75) is 33.4 Å². The van der Waals surface area contributed by atoms with Gasteiger partial charge in [0.05, 0.1) is 0 Å². The maximum atomic E-state index is 13.5. The number of aromatic nitrogens is 2. The molecule has 5 rings (SSSR count). The molecule has 11 heteroatoms. The molecule has 1 aliphatic heterocycles. The van der Waals surface area contributed by atoms with Crippen molar-refractivity contribution >= 4 is 92.9 Å². The van der Waals surface area contributed by atoms with Crippen molar-refractivity contribution in [2.24, 2.45) is 0 Å². The van der Waals surface area contributed by atoms with Crippen molar-refractivity contribution in [1.29, 1.82) is 0 Å². The van der Waals surface area contributed by atoms with Crippen LogP contribution in [0, 0.1) is 6.92 Å². The first kappa shape index (κ1) is 30.4. The van der Waals surface area contributed by atoms with Gasteiger partial charge in [-0.2, -0.15) is 0 Å².